The molecule has 0 aliphatic carbocycles. The summed E-state index contributed by atoms with van der Waals surface area (Å²) in [6.07, 6.45) is 2.94. The van der Waals surface area contributed by atoms with Gasteiger partial charge in [0.05, 0.1) is 11.9 Å². The maximum atomic E-state index is 5.82. The minimum Gasteiger partial charge on any atom is -0.490 e. The van der Waals surface area contributed by atoms with E-state index < -0.39 is 0 Å². The number of hydrogen-bond donors (Lipinski definition) is 1. The molecule has 4 nitrogen and oxygen atoms in total. The van der Waals surface area contributed by atoms with E-state index in [4.69, 9.17) is 4.74 Å². The topological polar surface area (TPSA) is 37.4 Å². The van der Waals surface area contributed by atoms with E-state index in [1.807, 2.05) is 18.3 Å². The lowest BCUT2D eigenvalue weighted by atomic mass is 10.1. The highest BCUT2D eigenvalue weighted by Gasteiger charge is 2.21. The number of likely N-dealkylation sites (N-methyl/N-ethyl adjacent to an activating group) is 1. The predicted molar refractivity (Wildman–Crippen MR) is 84.2 cm³/mol. The van der Waals surface area contributed by atoms with Gasteiger partial charge in [0.2, 0.25) is 0 Å². The van der Waals surface area contributed by atoms with E-state index in [9.17, 15) is 0 Å². The summed E-state index contributed by atoms with van der Waals surface area (Å²) in [5.41, 5.74) is 1.06. The molecule has 1 aromatic heterocycles. The number of nitrogens with zero attached hydrogens (tertiary/aromatic N) is 2. The summed E-state index contributed by atoms with van der Waals surface area (Å²) in [4.78, 5) is 6.63. The van der Waals surface area contributed by atoms with Crippen molar-refractivity contribution in [3.05, 3.63) is 24.0 Å². The first-order chi connectivity index (χ1) is 9.36. The molecule has 0 saturated heterocycles. The Kier molecular flexibility index (Phi) is 6.43. The van der Waals surface area contributed by atoms with Crippen LogP contribution in [0.3, 0.4) is 0 Å². The fourth-order valence-corrected chi connectivity index (χ4v) is 1.59. The molecular weight excluding hydrogens is 250 g/mol. The van der Waals surface area contributed by atoms with E-state index in [2.05, 4.69) is 57.0 Å². The van der Waals surface area contributed by atoms with Crippen molar-refractivity contribution >= 4 is 0 Å². The van der Waals surface area contributed by atoms with E-state index in [0.717, 1.165) is 24.4 Å². The van der Waals surface area contributed by atoms with Crippen molar-refractivity contribution in [2.75, 3.05) is 27.2 Å². The first-order valence-electron chi connectivity index (χ1n) is 7.36. The van der Waals surface area contributed by atoms with Crippen molar-refractivity contribution in [1.29, 1.82) is 0 Å². The van der Waals surface area contributed by atoms with Crippen LogP contribution in [0.4, 0.5) is 0 Å². The number of rotatable bonds is 8. The van der Waals surface area contributed by atoms with E-state index >= 15 is 0 Å². The second kappa shape index (κ2) is 7.60. The van der Waals surface area contributed by atoms with Crippen LogP contribution in [0.1, 0.15) is 45.9 Å². The van der Waals surface area contributed by atoms with Crippen molar-refractivity contribution in [3.63, 3.8) is 0 Å². The van der Waals surface area contributed by atoms with Gasteiger partial charge in [-0.3, -0.25) is 4.98 Å². The molecular formula is C16H29N3O. The van der Waals surface area contributed by atoms with Crippen LogP contribution in [-0.4, -0.2) is 42.7 Å². The van der Waals surface area contributed by atoms with Gasteiger partial charge in [-0.2, -0.15) is 0 Å². The van der Waals surface area contributed by atoms with Gasteiger partial charge < -0.3 is 15.0 Å². The molecule has 0 aliphatic heterocycles. The Morgan fingerprint density at radius 2 is 2.05 bits per heavy atom. The zero-order chi connectivity index (χ0) is 15.2. The standard InChI is InChI=1S/C16H29N3O/c1-7-10-17-13(2)15-9-8-14(11-18-15)20-12-16(3,4)19(5)6/h8-9,11,13,17H,7,10,12H2,1-6H3. The third-order valence-corrected chi connectivity index (χ3v) is 3.71. The fraction of sp³-hybridized carbons (Fsp3) is 0.688. The van der Waals surface area contributed by atoms with Crippen LogP contribution in [0.25, 0.3) is 0 Å². The van der Waals surface area contributed by atoms with Gasteiger partial charge in [0.25, 0.3) is 0 Å². The number of hydrogen-bond acceptors (Lipinski definition) is 4. The van der Waals surface area contributed by atoms with Gasteiger partial charge in [-0.1, -0.05) is 6.92 Å². The summed E-state index contributed by atoms with van der Waals surface area (Å²) < 4.78 is 5.82. The SMILES string of the molecule is CCCNC(C)c1ccc(OCC(C)(C)N(C)C)cn1. The Hall–Kier alpha value is -1.13. The number of pyridine rings is 1. The number of nitrogens with one attached hydrogen (secondary N) is 1. The molecule has 1 atom stereocenters. The first-order valence-corrected chi connectivity index (χ1v) is 7.36. The monoisotopic (exact) mass is 279 g/mol. The molecule has 0 saturated carbocycles. The summed E-state index contributed by atoms with van der Waals surface area (Å²) in [6, 6.07) is 4.31. The largest absolute Gasteiger partial charge is 0.490 e. The van der Waals surface area contributed by atoms with E-state index in [-0.39, 0.29) is 11.6 Å². The Morgan fingerprint density at radius 3 is 2.55 bits per heavy atom. The van der Waals surface area contributed by atoms with E-state index in [1.54, 1.807) is 0 Å². The van der Waals surface area contributed by atoms with Crippen molar-refractivity contribution < 1.29 is 4.74 Å². The second-order valence-corrected chi connectivity index (χ2v) is 6.09. The normalized spacial score (nSPS) is 13.6. The van der Waals surface area contributed by atoms with Gasteiger partial charge in [-0.15, -0.1) is 0 Å². The highest BCUT2D eigenvalue weighted by atomic mass is 16.5. The van der Waals surface area contributed by atoms with Crippen LogP contribution in [0.2, 0.25) is 0 Å². The summed E-state index contributed by atoms with van der Waals surface area (Å²) in [5, 5.41) is 3.43. The maximum absolute atomic E-state index is 5.82. The molecule has 0 amide bonds. The minimum absolute atomic E-state index is 0.00858. The predicted octanol–water partition coefficient (Wildman–Crippen LogP) is 2.86. The van der Waals surface area contributed by atoms with Crippen LogP contribution in [0, 0.1) is 0 Å². The summed E-state index contributed by atoms with van der Waals surface area (Å²) in [5.74, 6) is 0.825. The van der Waals surface area contributed by atoms with Crippen LogP contribution in [0.5, 0.6) is 5.75 Å². The van der Waals surface area contributed by atoms with E-state index in [1.165, 1.54) is 0 Å². The van der Waals surface area contributed by atoms with Gasteiger partial charge in [0, 0.05) is 11.6 Å². The minimum atomic E-state index is 0.00858. The van der Waals surface area contributed by atoms with Gasteiger partial charge >= 0.3 is 0 Å². The lowest BCUT2D eigenvalue weighted by Gasteiger charge is -2.32. The summed E-state index contributed by atoms with van der Waals surface area (Å²) in [6.45, 7) is 10.3. The zero-order valence-electron chi connectivity index (χ0n) is 13.7. The molecule has 20 heavy (non-hydrogen) atoms. The quantitative estimate of drug-likeness (QED) is 0.794. The Bertz CT molecular complexity index is 387. The number of ether oxygens (including phenoxy) is 1. The molecule has 1 aromatic rings. The molecule has 0 fully saturated rings. The Balaban J connectivity index is 2.54. The fourth-order valence-electron chi connectivity index (χ4n) is 1.59. The molecule has 0 aliphatic rings. The van der Waals surface area contributed by atoms with Gasteiger partial charge in [0.15, 0.2) is 0 Å². The first kappa shape index (κ1) is 16.9. The van der Waals surface area contributed by atoms with Crippen molar-refractivity contribution in [1.82, 2.24) is 15.2 Å². The van der Waals surface area contributed by atoms with Gasteiger partial charge in [0.1, 0.15) is 12.4 Å². The van der Waals surface area contributed by atoms with Crippen LogP contribution >= 0.6 is 0 Å². The molecule has 1 N–H and O–H groups in total. The van der Waals surface area contributed by atoms with Gasteiger partial charge in [-0.05, 0) is 60.0 Å². The summed E-state index contributed by atoms with van der Waals surface area (Å²) in [7, 11) is 4.12. The summed E-state index contributed by atoms with van der Waals surface area (Å²) >= 11 is 0. The zero-order valence-corrected chi connectivity index (χ0v) is 13.7. The molecule has 0 aromatic carbocycles. The highest BCUT2D eigenvalue weighted by molar-refractivity contribution is 5.21. The van der Waals surface area contributed by atoms with Crippen molar-refractivity contribution in [2.45, 2.75) is 45.7 Å². The van der Waals surface area contributed by atoms with Gasteiger partial charge in [-0.25, -0.2) is 0 Å². The third kappa shape index (κ3) is 5.10. The molecule has 1 unspecified atom stereocenters. The molecule has 1 heterocycles. The molecule has 1 rings (SSSR count). The molecule has 4 heteroatoms. The average molecular weight is 279 g/mol. The molecule has 0 radical (unpaired) electrons. The molecule has 0 bridgehead atoms. The van der Waals surface area contributed by atoms with Crippen LogP contribution in [-0.2, 0) is 0 Å². The smallest absolute Gasteiger partial charge is 0.137 e. The lowest BCUT2D eigenvalue weighted by molar-refractivity contribution is 0.114. The Morgan fingerprint density at radius 1 is 1.35 bits per heavy atom. The maximum Gasteiger partial charge on any atom is 0.137 e. The van der Waals surface area contributed by atoms with Crippen LogP contribution < -0.4 is 10.1 Å². The van der Waals surface area contributed by atoms with Crippen LogP contribution in [0.15, 0.2) is 18.3 Å². The number of aromatic nitrogens is 1. The molecule has 0 spiro atoms. The average Bonchev–Trinajstić information content (AvgIpc) is 2.43. The third-order valence-electron chi connectivity index (χ3n) is 3.71. The lowest BCUT2D eigenvalue weighted by Crippen LogP contribution is -2.43. The second-order valence-electron chi connectivity index (χ2n) is 6.09. The Labute approximate surface area is 123 Å². The van der Waals surface area contributed by atoms with Crippen molar-refractivity contribution in [3.8, 4) is 5.75 Å². The highest BCUT2D eigenvalue weighted by Crippen LogP contribution is 2.17. The van der Waals surface area contributed by atoms with Crippen molar-refractivity contribution in [2.24, 2.45) is 0 Å². The molecule has 114 valence electrons. The van der Waals surface area contributed by atoms with E-state index in [0.29, 0.717) is 6.61 Å².